The van der Waals surface area contributed by atoms with Crippen LogP contribution in [0.1, 0.15) is 44.1 Å². The van der Waals surface area contributed by atoms with Gasteiger partial charge >= 0.3 is 6.18 Å². The lowest BCUT2D eigenvalue weighted by atomic mass is 9.95. The molecule has 4 nitrogen and oxygen atoms in total. The number of alkyl halides is 3. The van der Waals surface area contributed by atoms with E-state index in [1.54, 1.807) is 4.90 Å². The summed E-state index contributed by atoms with van der Waals surface area (Å²) in [5.41, 5.74) is -0.709. The minimum absolute atomic E-state index is 0.0281. The number of hydrogen-bond acceptors (Lipinski definition) is 3. The number of carbonyl (C=O) groups excluding carboxylic acids is 1. The Kier molecular flexibility index (Phi) is 4.96. The van der Waals surface area contributed by atoms with E-state index in [-0.39, 0.29) is 23.7 Å². The zero-order valence-electron chi connectivity index (χ0n) is 13.5. The molecular formula is C17H22F3N3O. The van der Waals surface area contributed by atoms with Crippen LogP contribution in [0.5, 0.6) is 0 Å². The summed E-state index contributed by atoms with van der Waals surface area (Å²) in [6, 6.07) is 2.64. The zero-order valence-corrected chi connectivity index (χ0v) is 13.5. The Bertz CT molecular complexity index is 577. The predicted molar refractivity (Wildman–Crippen MR) is 84.6 cm³/mol. The molecule has 3 rings (SSSR count). The van der Waals surface area contributed by atoms with Crippen LogP contribution in [0, 0.1) is 5.92 Å². The summed E-state index contributed by atoms with van der Waals surface area (Å²) >= 11 is 0. The number of pyridine rings is 1. The van der Waals surface area contributed by atoms with Gasteiger partial charge < -0.3 is 10.2 Å². The second-order valence-corrected chi connectivity index (χ2v) is 6.62. The fourth-order valence-corrected chi connectivity index (χ4v) is 3.61. The summed E-state index contributed by atoms with van der Waals surface area (Å²) in [4.78, 5) is 17.9. The largest absolute Gasteiger partial charge is 0.419 e. The molecule has 1 N–H and O–H groups in total. The number of nitrogens with zero attached hydrogens (tertiary/aromatic N) is 2. The first-order valence-electron chi connectivity index (χ1n) is 8.52. The van der Waals surface area contributed by atoms with Crippen LogP contribution in [0.25, 0.3) is 0 Å². The van der Waals surface area contributed by atoms with E-state index in [1.165, 1.54) is 12.3 Å². The van der Waals surface area contributed by atoms with Crippen LogP contribution in [0.2, 0.25) is 0 Å². The standard InChI is InChI=1S/C17H22F3N3O/c18-17(19,20)14-6-3-9-21-15(14)23-10-7-12(8-11-23)16(24)22-13-4-1-2-5-13/h3,6,9,12-13H,1-2,4-5,7-8,10-11H2,(H,22,24). The Hall–Kier alpha value is -1.79. The van der Waals surface area contributed by atoms with Crippen molar-refractivity contribution < 1.29 is 18.0 Å². The van der Waals surface area contributed by atoms with Crippen molar-refractivity contribution >= 4 is 11.7 Å². The number of piperidine rings is 1. The van der Waals surface area contributed by atoms with Crippen LogP contribution in [-0.4, -0.2) is 30.0 Å². The van der Waals surface area contributed by atoms with Crippen molar-refractivity contribution in [2.45, 2.75) is 50.7 Å². The minimum atomic E-state index is -4.42. The second kappa shape index (κ2) is 6.99. The summed E-state index contributed by atoms with van der Waals surface area (Å²) < 4.78 is 39.3. The molecule has 0 spiro atoms. The van der Waals surface area contributed by atoms with Gasteiger partial charge in [-0.3, -0.25) is 4.79 Å². The molecule has 0 bridgehead atoms. The van der Waals surface area contributed by atoms with Crippen molar-refractivity contribution in [1.82, 2.24) is 10.3 Å². The van der Waals surface area contributed by atoms with E-state index in [2.05, 4.69) is 10.3 Å². The van der Waals surface area contributed by atoms with Crippen molar-refractivity contribution in [2.24, 2.45) is 5.92 Å². The predicted octanol–water partition coefficient (Wildman–Crippen LogP) is 3.38. The molecule has 1 saturated carbocycles. The number of hydrogen-bond donors (Lipinski definition) is 1. The first-order valence-corrected chi connectivity index (χ1v) is 8.52. The van der Waals surface area contributed by atoms with Crippen LogP contribution in [0.3, 0.4) is 0 Å². The van der Waals surface area contributed by atoms with Gasteiger partial charge in [0.15, 0.2) is 0 Å². The monoisotopic (exact) mass is 341 g/mol. The van der Waals surface area contributed by atoms with Gasteiger partial charge in [0.05, 0.1) is 5.56 Å². The van der Waals surface area contributed by atoms with Crippen molar-refractivity contribution in [3.8, 4) is 0 Å². The zero-order chi connectivity index (χ0) is 17.2. The molecule has 0 aromatic carbocycles. The summed E-state index contributed by atoms with van der Waals surface area (Å²) in [5, 5.41) is 3.09. The van der Waals surface area contributed by atoms with Gasteiger partial charge in [-0.1, -0.05) is 12.8 Å². The normalized spacial score (nSPS) is 20.4. The smallest absolute Gasteiger partial charge is 0.356 e. The molecule has 1 saturated heterocycles. The molecule has 0 atom stereocenters. The molecule has 1 amide bonds. The van der Waals surface area contributed by atoms with E-state index in [0.717, 1.165) is 31.7 Å². The number of amides is 1. The van der Waals surface area contributed by atoms with E-state index in [4.69, 9.17) is 0 Å². The number of anilines is 1. The lowest BCUT2D eigenvalue weighted by molar-refractivity contribution is -0.137. The van der Waals surface area contributed by atoms with Gasteiger partial charge in [-0.15, -0.1) is 0 Å². The van der Waals surface area contributed by atoms with E-state index < -0.39 is 11.7 Å². The lowest BCUT2D eigenvalue weighted by Crippen LogP contribution is -2.43. The first-order chi connectivity index (χ1) is 11.4. The summed E-state index contributed by atoms with van der Waals surface area (Å²) in [7, 11) is 0. The van der Waals surface area contributed by atoms with Crippen molar-refractivity contribution in [3.05, 3.63) is 23.9 Å². The molecule has 2 aliphatic rings. The number of rotatable bonds is 3. The average Bonchev–Trinajstić information content (AvgIpc) is 3.07. The Morgan fingerprint density at radius 3 is 2.46 bits per heavy atom. The third-order valence-electron chi connectivity index (χ3n) is 4.96. The van der Waals surface area contributed by atoms with Crippen LogP contribution in [0.15, 0.2) is 18.3 Å². The highest BCUT2D eigenvalue weighted by Crippen LogP contribution is 2.36. The Morgan fingerprint density at radius 1 is 1.17 bits per heavy atom. The van der Waals surface area contributed by atoms with Gasteiger partial charge in [0.25, 0.3) is 0 Å². The third-order valence-corrected chi connectivity index (χ3v) is 4.96. The number of nitrogens with one attached hydrogen (secondary N) is 1. The number of aromatic nitrogens is 1. The second-order valence-electron chi connectivity index (χ2n) is 6.62. The molecule has 0 unspecified atom stereocenters. The van der Waals surface area contributed by atoms with E-state index >= 15 is 0 Å². The first kappa shape index (κ1) is 17.0. The molecule has 1 aliphatic carbocycles. The molecule has 0 radical (unpaired) electrons. The van der Waals surface area contributed by atoms with Gasteiger partial charge in [0.1, 0.15) is 5.82 Å². The van der Waals surface area contributed by atoms with Gasteiger partial charge in [0.2, 0.25) is 5.91 Å². The molecule has 7 heteroatoms. The van der Waals surface area contributed by atoms with Crippen molar-refractivity contribution in [1.29, 1.82) is 0 Å². The van der Waals surface area contributed by atoms with E-state index in [9.17, 15) is 18.0 Å². The van der Waals surface area contributed by atoms with Crippen LogP contribution >= 0.6 is 0 Å². The van der Waals surface area contributed by atoms with E-state index in [0.29, 0.717) is 25.9 Å². The van der Waals surface area contributed by atoms with Crippen LogP contribution < -0.4 is 10.2 Å². The van der Waals surface area contributed by atoms with Gasteiger partial charge in [-0.2, -0.15) is 13.2 Å². The average molecular weight is 341 g/mol. The van der Waals surface area contributed by atoms with Crippen molar-refractivity contribution in [3.63, 3.8) is 0 Å². The molecule has 1 aromatic rings. The van der Waals surface area contributed by atoms with Gasteiger partial charge in [0, 0.05) is 31.2 Å². The van der Waals surface area contributed by atoms with Crippen LogP contribution in [0.4, 0.5) is 19.0 Å². The molecule has 1 aromatic heterocycles. The highest BCUT2D eigenvalue weighted by atomic mass is 19.4. The molecule has 132 valence electrons. The fraction of sp³-hybridized carbons (Fsp3) is 0.647. The lowest BCUT2D eigenvalue weighted by Gasteiger charge is -2.33. The highest BCUT2D eigenvalue weighted by Gasteiger charge is 2.37. The minimum Gasteiger partial charge on any atom is -0.356 e. The molecule has 2 heterocycles. The summed E-state index contributed by atoms with van der Waals surface area (Å²) in [5.74, 6) is -0.0850. The quantitative estimate of drug-likeness (QED) is 0.917. The molecule has 1 aliphatic heterocycles. The van der Waals surface area contributed by atoms with Crippen LogP contribution in [-0.2, 0) is 11.0 Å². The molecule has 24 heavy (non-hydrogen) atoms. The maximum Gasteiger partial charge on any atom is 0.419 e. The third kappa shape index (κ3) is 3.82. The topological polar surface area (TPSA) is 45.2 Å². The molecular weight excluding hydrogens is 319 g/mol. The Balaban J connectivity index is 1.60. The van der Waals surface area contributed by atoms with Crippen molar-refractivity contribution in [2.75, 3.05) is 18.0 Å². The SMILES string of the molecule is O=C(NC1CCCC1)C1CCN(c2ncccc2C(F)(F)F)CC1. The summed E-state index contributed by atoms with van der Waals surface area (Å²) in [6.07, 6.45) is 2.47. The van der Waals surface area contributed by atoms with Gasteiger partial charge in [-0.05, 0) is 37.8 Å². The fourth-order valence-electron chi connectivity index (χ4n) is 3.61. The maximum atomic E-state index is 13.1. The summed E-state index contributed by atoms with van der Waals surface area (Å²) in [6.45, 7) is 0.839. The molecule has 2 fully saturated rings. The van der Waals surface area contributed by atoms with Gasteiger partial charge in [-0.25, -0.2) is 4.98 Å². The maximum absolute atomic E-state index is 13.1. The van der Waals surface area contributed by atoms with E-state index in [1.807, 2.05) is 0 Å². The Morgan fingerprint density at radius 2 is 1.83 bits per heavy atom. The Labute approximate surface area is 139 Å². The number of carbonyl (C=O) groups is 1. The number of halogens is 3. The highest BCUT2D eigenvalue weighted by molar-refractivity contribution is 5.79.